The molecule has 0 saturated carbocycles. The largest absolute Gasteiger partial charge is 0.348 e. The zero-order valence-corrected chi connectivity index (χ0v) is 17.0. The van der Waals surface area contributed by atoms with E-state index in [4.69, 9.17) is 0 Å². The molecule has 0 aliphatic carbocycles. The molecule has 1 atom stereocenters. The van der Waals surface area contributed by atoms with Gasteiger partial charge in [0.05, 0.1) is 11.7 Å². The average Bonchev–Trinajstić information content (AvgIpc) is 3.23. The summed E-state index contributed by atoms with van der Waals surface area (Å²) in [5, 5.41) is 4.32. The molecule has 0 radical (unpaired) electrons. The molecule has 1 amide bonds. The van der Waals surface area contributed by atoms with E-state index in [-0.39, 0.29) is 9.90 Å². The standard InChI is InChI=1S/C20H18F2N2O3S2/c1-14(15-4-6-16(21)7-5-15)23-19(25)13-24(18-10-8-17(22)9-11-18)29(26,27)20-3-2-12-28-20/h2-12,14H,13H2,1H3,(H,23,25). The summed E-state index contributed by atoms with van der Waals surface area (Å²) in [6.45, 7) is 1.22. The number of hydrogen-bond acceptors (Lipinski definition) is 4. The Morgan fingerprint density at radius 2 is 1.62 bits per heavy atom. The second-order valence-electron chi connectivity index (χ2n) is 6.26. The third-order valence-corrected chi connectivity index (χ3v) is 7.34. The molecular formula is C20H18F2N2O3S2. The van der Waals surface area contributed by atoms with E-state index < -0.39 is 40.2 Å². The highest BCUT2D eigenvalue weighted by molar-refractivity contribution is 7.94. The third kappa shape index (κ3) is 4.99. The lowest BCUT2D eigenvalue weighted by atomic mass is 10.1. The van der Waals surface area contributed by atoms with Crippen LogP contribution in [0.25, 0.3) is 0 Å². The molecule has 1 aromatic heterocycles. The van der Waals surface area contributed by atoms with Gasteiger partial charge in [0.15, 0.2) is 0 Å². The normalized spacial score (nSPS) is 12.4. The first-order valence-corrected chi connectivity index (χ1v) is 11.0. The Bertz CT molecular complexity index is 1070. The molecule has 0 bridgehead atoms. The first-order chi connectivity index (χ1) is 13.8. The topological polar surface area (TPSA) is 66.5 Å². The number of benzene rings is 2. The number of nitrogens with one attached hydrogen (secondary N) is 1. The van der Waals surface area contributed by atoms with Gasteiger partial charge in [-0.1, -0.05) is 18.2 Å². The summed E-state index contributed by atoms with van der Waals surface area (Å²) in [5.74, 6) is -1.46. The first-order valence-electron chi connectivity index (χ1n) is 8.64. The van der Waals surface area contributed by atoms with E-state index in [0.29, 0.717) is 5.56 Å². The number of sulfonamides is 1. The molecule has 5 nitrogen and oxygen atoms in total. The molecular weight excluding hydrogens is 418 g/mol. The number of nitrogens with zero attached hydrogens (tertiary/aromatic N) is 1. The Balaban J connectivity index is 1.84. The Morgan fingerprint density at radius 3 is 2.17 bits per heavy atom. The molecule has 0 aliphatic rings. The van der Waals surface area contributed by atoms with E-state index in [1.807, 2.05) is 0 Å². The van der Waals surface area contributed by atoms with E-state index in [1.165, 1.54) is 30.3 Å². The van der Waals surface area contributed by atoms with Crippen molar-refractivity contribution in [1.82, 2.24) is 5.32 Å². The maximum Gasteiger partial charge on any atom is 0.274 e. The minimum atomic E-state index is -4.01. The van der Waals surface area contributed by atoms with Gasteiger partial charge in [-0.3, -0.25) is 9.10 Å². The molecule has 3 rings (SSSR count). The van der Waals surface area contributed by atoms with Gasteiger partial charge in [-0.15, -0.1) is 11.3 Å². The summed E-state index contributed by atoms with van der Waals surface area (Å²) in [5.41, 5.74) is 0.846. The first kappa shape index (κ1) is 20.9. The molecule has 0 saturated heterocycles. The summed E-state index contributed by atoms with van der Waals surface area (Å²) in [6.07, 6.45) is 0. The molecule has 152 valence electrons. The van der Waals surface area contributed by atoms with Crippen LogP contribution in [0.1, 0.15) is 18.5 Å². The molecule has 1 N–H and O–H groups in total. The van der Waals surface area contributed by atoms with E-state index in [0.717, 1.165) is 27.8 Å². The number of amides is 1. The highest BCUT2D eigenvalue weighted by Gasteiger charge is 2.28. The number of rotatable bonds is 7. The maximum atomic E-state index is 13.3. The van der Waals surface area contributed by atoms with Crippen molar-refractivity contribution in [1.29, 1.82) is 0 Å². The summed E-state index contributed by atoms with van der Waals surface area (Å²) < 4.78 is 53.4. The molecule has 0 spiro atoms. The van der Waals surface area contributed by atoms with Crippen molar-refractivity contribution in [3.63, 3.8) is 0 Å². The van der Waals surface area contributed by atoms with Crippen LogP contribution in [0, 0.1) is 11.6 Å². The molecule has 9 heteroatoms. The Hall–Kier alpha value is -2.78. The predicted octanol–water partition coefficient (Wildman–Crippen LogP) is 4.10. The van der Waals surface area contributed by atoms with Gasteiger partial charge >= 0.3 is 0 Å². The fraction of sp³-hybridized carbons (Fsp3) is 0.150. The highest BCUT2D eigenvalue weighted by atomic mass is 32.2. The minimum absolute atomic E-state index is 0.0706. The van der Waals surface area contributed by atoms with Crippen molar-refractivity contribution < 1.29 is 22.0 Å². The summed E-state index contributed by atoms with van der Waals surface area (Å²) in [7, 11) is -4.01. The zero-order chi connectivity index (χ0) is 21.0. The van der Waals surface area contributed by atoms with Crippen LogP contribution < -0.4 is 9.62 Å². The van der Waals surface area contributed by atoms with Gasteiger partial charge in [-0.25, -0.2) is 17.2 Å². The quantitative estimate of drug-likeness (QED) is 0.607. The summed E-state index contributed by atoms with van der Waals surface area (Å²) in [4.78, 5) is 12.6. The number of hydrogen-bond donors (Lipinski definition) is 1. The number of carbonyl (C=O) groups is 1. The Labute approximate surface area is 171 Å². The molecule has 2 aromatic carbocycles. The van der Waals surface area contributed by atoms with Crippen LogP contribution in [0.3, 0.4) is 0 Å². The van der Waals surface area contributed by atoms with Crippen molar-refractivity contribution in [3.8, 4) is 0 Å². The second kappa shape index (κ2) is 8.71. The molecule has 29 heavy (non-hydrogen) atoms. The van der Waals surface area contributed by atoms with E-state index in [9.17, 15) is 22.0 Å². The fourth-order valence-corrected chi connectivity index (χ4v) is 5.22. The lowest BCUT2D eigenvalue weighted by molar-refractivity contribution is -0.120. The van der Waals surface area contributed by atoms with Crippen LogP contribution in [0.2, 0.25) is 0 Å². The lowest BCUT2D eigenvalue weighted by Crippen LogP contribution is -2.41. The molecule has 1 heterocycles. The number of carbonyl (C=O) groups excluding carboxylic acids is 1. The third-order valence-electron chi connectivity index (χ3n) is 4.19. The summed E-state index contributed by atoms with van der Waals surface area (Å²) in [6, 6.07) is 13.1. The number of halogens is 2. The van der Waals surface area contributed by atoms with Crippen molar-refractivity contribution in [3.05, 3.63) is 83.2 Å². The van der Waals surface area contributed by atoms with Crippen LogP contribution >= 0.6 is 11.3 Å². The van der Waals surface area contributed by atoms with Crippen molar-refractivity contribution in [2.75, 3.05) is 10.8 Å². The molecule has 3 aromatic rings. The van der Waals surface area contributed by atoms with E-state index >= 15 is 0 Å². The van der Waals surface area contributed by atoms with Crippen molar-refractivity contribution in [2.45, 2.75) is 17.2 Å². The lowest BCUT2D eigenvalue weighted by Gasteiger charge is -2.24. The monoisotopic (exact) mass is 436 g/mol. The predicted molar refractivity (Wildman–Crippen MR) is 108 cm³/mol. The fourth-order valence-electron chi connectivity index (χ4n) is 2.69. The Morgan fingerprint density at radius 1 is 1.03 bits per heavy atom. The molecule has 1 unspecified atom stereocenters. The number of anilines is 1. The second-order valence-corrected chi connectivity index (χ2v) is 9.30. The van der Waals surface area contributed by atoms with Crippen LogP contribution in [-0.2, 0) is 14.8 Å². The van der Waals surface area contributed by atoms with Gasteiger partial charge in [0.2, 0.25) is 5.91 Å². The Kier molecular flexibility index (Phi) is 6.29. The van der Waals surface area contributed by atoms with Gasteiger partial charge in [-0.2, -0.15) is 0 Å². The van der Waals surface area contributed by atoms with Gasteiger partial charge < -0.3 is 5.32 Å². The average molecular weight is 437 g/mol. The summed E-state index contributed by atoms with van der Waals surface area (Å²) >= 11 is 1.02. The highest BCUT2D eigenvalue weighted by Crippen LogP contribution is 2.26. The van der Waals surface area contributed by atoms with Crippen LogP contribution in [-0.4, -0.2) is 20.9 Å². The van der Waals surface area contributed by atoms with Crippen molar-refractivity contribution in [2.24, 2.45) is 0 Å². The zero-order valence-electron chi connectivity index (χ0n) is 15.4. The van der Waals surface area contributed by atoms with E-state index in [2.05, 4.69) is 5.32 Å². The van der Waals surface area contributed by atoms with Gasteiger partial charge in [-0.05, 0) is 60.3 Å². The van der Waals surface area contributed by atoms with Gasteiger partial charge in [0.25, 0.3) is 10.0 Å². The van der Waals surface area contributed by atoms with Gasteiger partial charge in [0.1, 0.15) is 22.4 Å². The van der Waals surface area contributed by atoms with Crippen LogP contribution in [0.4, 0.5) is 14.5 Å². The van der Waals surface area contributed by atoms with E-state index in [1.54, 1.807) is 30.5 Å². The molecule has 0 aliphatic heterocycles. The number of thiophene rings is 1. The van der Waals surface area contributed by atoms with Crippen molar-refractivity contribution >= 4 is 33.0 Å². The van der Waals surface area contributed by atoms with Crippen LogP contribution in [0.5, 0.6) is 0 Å². The molecule has 0 fully saturated rings. The SMILES string of the molecule is CC(NC(=O)CN(c1ccc(F)cc1)S(=O)(=O)c1cccs1)c1ccc(F)cc1. The smallest absolute Gasteiger partial charge is 0.274 e. The van der Waals surface area contributed by atoms with Gasteiger partial charge in [0, 0.05) is 0 Å². The minimum Gasteiger partial charge on any atom is -0.348 e. The van der Waals surface area contributed by atoms with Crippen LogP contribution in [0.15, 0.2) is 70.3 Å². The maximum absolute atomic E-state index is 13.3.